The first-order valence-electron chi connectivity index (χ1n) is 7.49. The van der Waals surface area contributed by atoms with E-state index in [1.54, 1.807) is 0 Å². The monoisotopic (exact) mass is 272 g/mol. The van der Waals surface area contributed by atoms with E-state index in [0.29, 0.717) is 17.3 Å². The summed E-state index contributed by atoms with van der Waals surface area (Å²) in [6.07, 6.45) is 2.16. The van der Waals surface area contributed by atoms with Crippen LogP contribution in [0.25, 0.3) is 0 Å². The van der Waals surface area contributed by atoms with Gasteiger partial charge in [0, 0.05) is 6.54 Å². The molecule has 0 radical (unpaired) electrons. The second-order valence-electron chi connectivity index (χ2n) is 7.10. The van der Waals surface area contributed by atoms with Crippen LogP contribution < -0.4 is 5.32 Å². The Balaban J connectivity index is 1.81. The lowest BCUT2D eigenvalue weighted by Crippen LogP contribution is -2.70. The van der Waals surface area contributed by atoms with Crippen molar-refractivity contribution in [1.82, 2.24) is 5.32 Å². The third-order valence-electron chi connectivity index (χ3n) is 5.83. The Morgan fingerprint density at radius 1 is 1.25 bits per heavy atom. The van der Waals surface area contributed by atoms with Crippen LogP contribution >= 0.6 is 0 Å². The Morgan fingerprint density at radius 2 is 1.95 bits per heavy atom. The lowest BCUT2D eigenvalue weighted by atomic mass is 9.43. The summed E-state index contributed by atoms with van der Waals surface area (Å²) < 4.78 is 0. The molecular formula is C17H24N2O. The van der Waals surface area contributed by atoms with Gasteiger partial charge >= 0.3 is 0 Å². The smallest absolute Gasteiger partial charge is 0.0774 e. The molecule has 108 valence electrons. The van der Waals surface area contributed by atoms with E-state index < -0.39 is 0 Å². The molecule has 0 spiro atoms. The second kappa shape index (κ2) is 4.59. The molecule has 0 amide bonds. The van der Waals surface area contributed by atoms with Gasteiger partial charge < -0.3 is 10.5 Å². The van der Waals surface area contributed by atoms with Crippen LogP contribution in [0, 0.1) is 17.3 Å². The zero-order chi connectivity index (χ0) is 14.4. The lowest BCUT2D eigenvalue weighted by Gasteiger charge is -2.64. The third-order valence-corrected chi connectivity index (χ3v) is 5.83. The summed E-state index contributed by atoms with van der Waals surface area (Å²) in [7, 11) is 0. The molecule has 1 aromatic rings. The fraction of sp³-hybridized carbons (Fsp3) is 0.588. The number of fused-ring (bicyclic) bond motifs is 2. The van der Waals surface area contributed by atoms with E-state index in [4.69, 9.17) is 0 Å². The molecule has 20 heavy (non-hydrogen) atoms. The summed E-state index contributed by atoms with van der Waals surface area (Å²) in [5, 5.41) is 16.7. The number of nitrogens with zero attached hydrogens (tertiary/aromatic N) is 1. The maximum atomic E-state index is 9.38. The highest BCUT2D eigenvalue weighted by molar-refractivity contribution is 5.95. The van der Waals surface area contributed by atoms with Crippen LogP contribution in [0.1, 0.15) is 39.2 Å². The van der Waals surface area contributed by atoms with Gasteiger partial charge in [-0.25, -0.2) is 0 Å². The van der Waals surface area contributed by atoms with E-state index >= 15 is 0 Å². The molecule has 3 aliphatic carbocycles. The van der Waals surface area contributed by atoms with Gasteiger partial charge in [-0.05, 0) is 42.6 Å². The second-order valence-corrected chi connectivity index (χ2v) is 7.10. The number of nitrogens with one attached hydrogen (secondary N) is 1. The molecule has 0 heterocycles. The zero-order valence-corrected chi connectivity index (χ0v) is 12.6. The van der Waals surface area contributed by atoms with Crippen LogP contribution in [0.2, 0.25) is 0 Å². The lowest BCUT2D eigenvalue weighted by molar-refractivity contribution is -0.0739. The van der Waals surface area contributed by atoms with Gasteiger partial charge in [0.25, 0.3) is 0 Å². The largest absolute Gasteiger partial charge is 0.411 e. The van der Waals surface area contributed by atoms with Crippen molar-refractivity contribution in [2.24, 2.45) is 22.4 Å². The van der Waals surface area contributed by atoms with Crippen LogP contribution in [0.15, 0.2) is 35.5 Å². The molecule has 3 atom stereocenters. The molecule has 3 unspecified atom stereocenters. The van der Waals surface area contributed by atoms with Gasteiger partial charge in [0.15, 0.2) is 0 Å². The summed E-state index contributed by atoms with van der Waals surface area (Å²) in [4.78, 5) is 0. The summed E-state index contributed by atoms with van der Waals surface area (Å²) in [5.41, 5.74) is 2.34. The van der Waals surface area contributed by atoms with E-state index in [1.165, 1.54) is 12.0 Å². The average molecular weight is 272 g/mol. The minimum absolute atomic E-state index is 0.192. The standard InChI is InChI=1S/C17H24N2O/c1-16(2)13-9-14(16)17(3,15(10-13)19-20)18-11-12-7-5-4-6-8-12/h4-8,13-14,18,20H,9-11H2,1-3H3. The molecule has 3 fully saturated rings. The van der Waals surface area contributed by atoms with Crippen molar-refractivity contribution in [2.45, 2.75) is 45.7 Å². The summed E-state index contributed by atoms with van der Waals surface area (Å²) >= 11 is 0. The van der Waals surface area contributed by atoms with Crippen LogP contribution in [-0.2, 0) is 6.54 Å². The van der Waals surface area contributed by atoms with Gasteiger partial charge in [-0.3, -0.25) is 0 Å². The summed E-state index contributed by atoms with van der Waals surface area (Å²) in [6.45, 7) is 7.71. The van der Waals surface area contributed by atoms with Crippen LogP contribution in [0.3, 0.4) is 0 Å². The van der Waals surface area contributed by atoms with Gasteiger partial charge in [0.2, 0.25) is 0 Å². The van der Waals surface area contributed by atoms with Crippen molar-refractivity contribution in [1.29, 1.82) is 0 Å². The molecule has 0 aromatic heterocycles. The molecule has 3 heteroatoms. The normalized spacial score (nSPS) is 36.6. The minimum atomic E-state index is -0.192. The molecular weight excluding hydrogens is 248 g/mol. The van der Waals surface area contributed by atoms with E-state index in [1.807, 2.05) is 6.07 Å². The Labute approximate surface area is 121 Å². The average Bonchev–Trinajstić information content (AvgIpc) is 2.46. The maximum Gasteiger partial charge on any atom is 0.0774 e. The highest BCUT2D eigenvalue weighted by Gasteiger charge is 2.62. The Bertz CT molecular complexity index is 523. The highest BCUT2D eigenvalue weighted by atomic mass is 16.4. The number of hydrogen-bond donors (Lipinski definition) is 2. The number of hydrogen-bond acceptors (Lipinski definition) is 3. The Morgan fingerprint density at radius 3 is 2.55 bits per heavy atom. The van der Waals surface area contributed by atoms with Gasteiger partial charge in [-0.2, -0.15) is 0 Å². The van der Waals surface area contributed by atoms with E-state index in [2.05, 4.69) is 55.5 Å². The summed E-state index contributed by atoms with van der Waals surface area (Å²) in [5.74, 6) is 1.22. The molecule has 2 bridgehead atoms. The van der Waals surface area contributed by atoms with E-state index in [9.17, 15) is 5.21 Å². The minimum Gasteiger partial charge on any atom is -0.411 e. The Hall–Kier alpha value is -1.35. The van der Waals surface area contributed by atoms with Gasteiger partial charge in [-0.15, -0.1) is 0 Å². The van der Waals surface area contributed by atoms with Crippen molar-refractivity contribution < 1.29 is 5.21 Å². The Kier molecular flexibility index (Phi) is 3.13. The molecule has 4 rings (SSSR count). The molecule has 3 aliphatic rings. The first kappa shape index (κ1) is 13.6. The molecule has 2 N–H and O–H groups in total. The molecule has 3 saturated carbocycles. The van der Waals surface area contributed by atoms with Crippen molar-refractivity contribution in [2.75, 3.05) is 0 Å². The SMILES string of the molecule is CC1(NCc2ccccc2)C(=NO)CC2CC1C2(C)C. The van der Waals surface area contributed by atoms with Gasteiger partial charge in [-0.1, -0.05) is 49.3 Å². The zero-order valence-electron chi connectivity index (χ0n) is 12.6. The molecule has 1 aromatic carbocycles. The fourth-order valence-corrected chi connectivity index (χ4v) is 4.24. The first-order chi connectivity index (χ1) is 9.48. The maximum absolute atomic E-state index is 9.38. The highest BCUT2D eigenvalue weighted by Crippen LogP contribution is 2.61. The van der Waals surface area contributed by atoms with E-state index in [0.717, 1.165) is 18.7 Å². The van der Waals surface area contributed by atoms with Gasteiger partial charge in [0.1, 0.15) is 0 Å². The van der Waals surface area contributed by atoms with Crippen LogP contribution in [0.4, 0.5) is 0 Å². The number of oxime groups is 1. The van der Waals surface area contributed by atoms with Crippen LogP contribution in [0.5, 0.6) is 0 Å². The van der Waals surface area contributed by atoms with Crippen molar-refractivity contribution >= 4 is 5.71 Å². The number of benzene rings is 1. The van der Waals surface area contributed by atoms with Crippen molar-refractivity contribution in [3.05, 3.63) is 35.9 Å². The van der Waals surface area contributed by atoms with Crippen LogP contribution in [-0.4, -0.2) is 16.5 Å². The van der Waals surface area contributed by atoms with Crippen molar-refractivity contribution in [3.63, 3.8) is 0 Å². The molecule has 0 aliphatic heterocycles. The third kappa shape index (κ3) is 1.87. The number of rotatable bonds is 3. The summed E-state index contributed by atoms with van der Waals surface area (Å²) in [6, 6.07) is 10.4. The molecule has 3 nitrogen and oxygen atoms in total. The quantitative estimate of drug-likeness (QED) is 0.654. The fourth-order valence-electron chi connectivity index (χ4n) is 4.24. The predicted octanol–water partition coefficient (Wildman–Crippen LogP) is 3.43. The van der Waals surface area contributed by atoms with Gasteiger partial charge in [0.05, 0.1) is 11.3 Å². The predicted molar refractivity (Wildman–Crippen MR) is 80.9 cm³/mol. The van der Waals surface area contributed by atoms with E-state index in [-0.39, 0.29) is 5.54 Å². The topological polar surface area (TPSA) is 44.6 Å². The van der Waals surface area contributed by atoms with Crippen molar-refractivity contribution in [3.8, 4) is 0 Å². The molecule has 0 saturated heterocycles. The first-order valence-corrected chi connectivity index (χ1v) is 7.49.